The van der Waals surface area contributed by atoms with Crippen molar-refractivity contribution in [3.05, 3.63) is 69.9 Å². The van der Waals surface area contributed by atoms with Crippen LogP contribution in [-0.4, -0.2) is 18.2 Å². The average molecular weight is 382 g/mol. The number of carbonyl (C=O) groups is 1. The Morgan fingerprint density at radius 3 is 2.59 bits per heavy atom. The molecule has 0 saturated carbocycles. The second kappa shape index (κ2) is 8.96. The Morgan fingerprint density at radius 2 is 1.86 bits per heavy atom. The van der Waals surface area contributed by atoms with E-state index >= 15 is 0 Å². The number of hydrogen-bond donors (Lipinski definition) is 1. The Hall–Kier alpha value is -1.33. The van der Waals surface area contributed by atoms with Crippen molar-refractivity contribution in [2.75, 3.05) is 12.3 Å². The van der Waals surface area contributed by atoms with Crippen LogP contribution in [0.5, 0.6) is 0 Å². The van der Waals surface area contributed by atoms with Crippen LogP contribution in [0.15, 0.2) is 53.0 Å². The molecule has 0 heterocycles. The van der Waals surface area contributed by atoms with Crippen molar-refractivity contribution in [2.45, 2.75) is 12.2 Å². The lowest BCUT2D eigenvalue weighted by Crippen LogP contribution is -2.27. The van der Waals surface area contributed by atoms with Crippen molar-refractivity contribution < 1.29 is 9.18 Å². The molecule has 1 N–H and O–H groups in total. The van der Waals surface area contributed by atoms with Crippen molar-refractivity contribution >= 4 is 33.6 Å². The number of thioether (sulfide) groups is 1. The van der Waals surface area contributed by atoms with Gasteiger partial charge in [-0.15, -0.1) is 0 Å². The molecule has 0 saturated heterocycles. The summed E-state index contributed by atoms with van der Waals surface area (Å²) in [7, 11) is 0. The number of benzene rings is 2. The first kappa shape index (κ1) is 17.0. The van der Waals surface area contributed by atoms with E-state index in [1.165, 1.54) is 6.07 Å². The Bertz CT molecular complexity index is 618. The molecular formula is C17H17BrFNOS. The minimum absolute atomic E-state index is 0.00816. The monoisotopic (exact) mass is 381 g/mol. The molecule has 0 atom stereocenters. The number of hydrogen-bond acceptors (Lipinski definition) is 2. The molecule has 5 heteroatoms. The quantitative estimate of drug-likeness (QED) is 0.728. The maximum atomic E-state index is 13.4. The molecule has 2 aromatic rings. The zero-order valence-electron chi connectivity index (χ0n) is 12.0. The minimum Gasteiger partial charge on any atom is -0.355 e. The second-order valence-electron chi connectivity index (χ2n) is 4.80. The highest BCUT2D eigenvalue weighted by atomic mass is 79.9. The standard InChI is InChI=1S/C17H17BrFNOS/c18-15-7-5-13(6-8-15)11-17(21)20-9-10-22-12-14-3-1-2-4-16(14)19/h1-8H,9-12H2,(H,20,21). The fourth-order valence-electron chi connectivity index (χ4n) is 1.91. The fraction of sp³-hybridized carbons (Fsp3) is 0.235. The summed E-state index contributed by atoms with van der Waals surface area (Å²) in [5.74, 6) is 1.22. The van der Waals surface area contributed by atoms with Crippen LogP contribution in [-0.2, 0) is 17.0 Å². The number of rotatable bonds is 7. The van der Waals surface area contributed by atoms with E-state index in [1.54, 1.807) is 23.9 Å². The van der Waals surface area contributed by atoms with Crippen LogP contribution in [0.2, 0.25) is 0 Å². The van der Waals surface area contributed by atoms with Crippen LogP contribution in [0.1, 0.15) is 11.1 Å². The normalized spacial score (nSPS) is 10.5. The van der Waals surface area contributed by atoms with E-state index in [0.717, 1.165) is 15.8 Å². The van der Waals surface area contributed by atoms with Gasteiger partial charge in [0.15, 0.2) is 0 Å². The lowest BCUT2D eigenvalue weighted by molar-refractivity contribution is -0.120. The Balaban J connectivity index is 1.63. The van der Waals surface area contributed by atoms with E-state index in [2.05, 4.69) is 21.2 Å². The summed E-state index contributed by atoms with van der Waals surface area (Å²) in [4.78, 5) is 11.8. The Labute approximate surface area is 142 Å². The van der Waals surface area contributed by atoms with Gasteiger partial charge in [-0.25, -0.2) is 4.39 Å². The summed E-state index contributed by atoms with van der Waals surface area (Å²) < 4.78 is 14.4. The van der Waals surface area contributed by atoms with E-state index in [1.807, 2.05) is 30.3 Å². The summed E-state index contributed by atoms with van der Waals surface area (Å²) in [5, 5.41) is 2.88. The Morgan fingerprint density at radius 1 is 1.14 bits per heavy atom. The zero-order valence-corrected chi connectivity index (χ0v) is 14.4. The van der Waals surface area contributed by atoms with Crippen molar-refractivity contribution in [3.8, 4) is 0 Å². The van der Waals surface area contributed by atoms with E-state index in [4.69, 9.17) is 0 Å². The van der Waals surface area contributed by atoms with Crippen LogP contribution in [0, 0.1) is 5.82 Å². The number of carbonyl (C=O) groups excluding carboxylic acids is 1. The molecule has 0 unspecified atom stereocenters. The highest BCUT2D eigenvalue weighted by Crippen LogP contribution is 2.14. The summed E-state index contributed by atoms with van der Waals surface area (Å²) in [6, 6.07) is 14.5. The SMILES string of the molecule is O=C(Cc1ccc(Br)cc1)NCCSCc1ccccc1F. The first-order chi connectivity index (χ1) is 10.6. The van der Waals surface area contributed by atoms with Gasteiger partial charge in [-0.05, 0) is 29.3 Å². The van der Waals surface area contributed by atoms with Gasteiger partial charge in [0.25, 0.3) is 0 Å². The second-order valence-corrected chi connectivity index (χ2v) is 6.82. The van der Waals surface area contributed by atoms with Gasteiger partial charge in [0.05, 0.1) is 6.42 Å². The van der Waals surface area contributed by atoms with Gasteiger partial charge >= 0.3 is 0 Å². The van der Waals surface area contributed by atoms with Gasteiger partial charge in [-0.2, -0.15) is 11.8 Å². The average Bonchev–Trinajstić information content (AvgIpc) is 2.51. The first-order valence-corrected chi connectivity index (χ1v) is 8.92. The topological polar surface area (TPSA) is 29.1 Å². The van der Waals surface area contributed by atoms with Crippen LogP contribution >= 0.6 is 27.7 Å². The number of amides is 1. The molecule has 2 aromatic carbocycles. The molecule has 2 rings (SSSR count). The first-order valence-electron chi connectivity index (χ1n) is 6.97. The summed E-state index contributed by atoms with van der Waals surface area (Å²) >= 11 is 4.97. The van der Waals surface area contributed by atoms with Crippen molar-refractivity contribution in [1.82, 2.24) is 5.32 Å². The molecule has 0 aromatic heterocycles. The van der Waals surface area contributed by atoms with Crippen LogP contribution in [0.4, 0.5) is 4.39 Å². The molecule has 0 aliphatic carbocycles. The van der Waals surface area contributed by atoms with Crippen LogP contribution < -0.4 is 5.32 Å². The summed E-state index contributed by atoms with van der Waals surface area (Å²) in [5.41, 5.74) is 1.69. The largest absolute Gasteiger partial charge is 0.355 e. The molecule has 0 bridgehead atoms. The van der Waals surface area contributed by atoms with Gasteiger partial charge in [0.2, 0.25) is 5.91 Å². The minimum atomic E-state index is -0.172. The predicted molar refractivity (Wildman–Crippen MR) is 93.4 cm³/mol. The van der Waals surface area contributed by atoms with Crippen molar-refractivity contribution in [1.29, 1.82) is 0 Å². The smallest absolute Gasteiger partial charge is 0.224 e. The van der Waals surface area contributed by atoms with Gasteiger partial charge < -0.3 is 5.32 Å². The van der Waals surface area contributed by atoms with Gasteiger partial charge in [-0.1, -0.05) is 46.3 Å². The summed E-state index contributed by atoms with van der Waals surface area (Å²) in [6.07, 6.45) is 0.380. The predicted octanol–water partition coefficient (Wildman–Crippen LogP) is 4.18. The van der Waals surface area contributed by atoms with E-state index in [-0.39, 0.29) is 11.7 Å². The maximum absolute atomic E-state index is 13.4. The van der Waals surface area contributed by atoms with Gasteiger partial charge in [0, 0.05) is 22.5 Å². The molecule has 22 heavy (non-hydrogen) atoms. The highest BCUT2D eigenvalue weighted by molar-refractivity contribution is 9.10. The third-order valence-electron chi connectivity index (χ3n) is 3.06. The molecule has 116 valence electrons. The number of halogens is 2. The third kappa shape index (κ3) is 5.81. The van der Waals surface area contributed by atoms with E-state index in [0.29, 0.717) is 24.3 Å². The Kier molecular flexibility index (Phi) is 6.93. The maximum Gasteiger partial charge on any atom is 0.224 e. The van der Waals surface area contributed by atoms with E-state index < -0.39 is 0 Å². The van der Waals surface area contributed by atoms with Crippen molar-refractivity contribution in [2.24, 2.45) is 0 Å². The van der Waals surface area contributed by atoms with E-state index in [9.17, 15) is 9.18 Å². The lowest BCUT2D eigenvalue weighted by atomic mass is 10.1. The van der Waals surface area contributed by atoms with Gasteiger partial charge in [-0.3, -0.25) is 4.79 Å². The molecule has 0 radical (unpaired) electrons. The molecule has 0 fully saturated rings. The molecular weight excluding hydrogens is 365 g/mol. The number of nitrogens with one attached hydrogen (secondary N) is 1. The molecule has 0 spiro atoms. The van der Waals surface area contributed by atoms with Crippen LogP contribution in [0.3, 0.4) is 0 Å². The zero-order chi connectivity index (χ0) is 15.8. The molecule has 1 amide bonds. The lowest BCUT2D eigenvalue weighted by Gasteiger charge is -2.06. The molecule has 0 aliphatic rings. The van der Waals surface area contributed by atoms with Gasteiger partial charge in [0.1, 0.15) is 5.82 Å². The van der Waals surface area contributed by atoms with Crippen LogP contribution in [0.25, 0.3) is 0 Å². The van der Waals surface area contributed by atoms with Crippen molar-refractivity contribution in [3.63, 3.8) is 0 Å². The molecule has 2 nitrogen and oxygen atoms in total. The third-order valence-corrected chi connectivity index (χ3v) is 4.60. The fourth-order valence-corrected chi connectivity index (χ4v) is 3.02. The highest BCUT2D eigenvalue weighted by Gasteiger charge is 2.04. The molecule has 0 aliphatic heterocycles. The summed E-state index contributed by atoms with van der Waals surface area (Å²) in [6.45, 7) is 0.592.